The Morgan fingerprint density at radius 2 is 2.28 bits per heavy atom. The van der Waals surface area contributed by atoms with Gasteiger partial charge in [0, 0.05) is 38.4 Å². The minimum Gasteiger partial charge on any atom is -0.358 e. The van der Waals surface area contributed by atoms with E-state index in [4.69, 9.17) is 0 Å². The first-order chi connectivity index (χ1) is 8.58. The van der Waals surface area contributed by atoms with Gasteiger partial charge in [0.2, 0.25) is 11.8 Å². The SMILES string of the molecule is CNC(=O)CN1CCc2nc(NC(C)=O)sc2C1. The minimum atomic E-state index is -0.108. The molecular weight excluding hydrogens is 252 g/mol. The van der Waals surface area contributed by atoms with Crippen LogP contribution >= 0.6 is 11.3 Å². The molecule has 2 heterocycles. The molecule has 0 spiro atoms. The van der Waals surface area contributed by atoms with Crippen molar-refractivity contribution in [3.63, 3.8) is 0 Å². The number of nitrogens with one attached hydrogen (secondary N) is 2. The Bertz CT molecular complexity index is 472. The van der Waals surface area contributed by atoms with Gasteiger partial charge in [-0.2, -0.15) is 0 Å². The van der Waals surface area contributed by atoms with Crippen molar-refractivity contribution in [2.45, 2.75) is 19.9 Å². The zero-order chi connectivity index (χ0) is 13.1. The summed E-state index contributed by atoms with van der Waals surface area (Å²) in [5.41, 5.74) is 1.04. The fourth-order valence-electron chi connectivity index (χ4n) is 1.87. The monoisotopic (exact) mass is 268 g/mol. The molecule has 0 unspecified atom stereocenters. The Morgan fingerprint density at radius 1 is 1.50 bits per heavy atom. The van der Waals surface area contributed by atoms with E-state index >= 15 is 0 Å². The second-order valence-electron chi connectivity index (χ2n) is 4.20. The molecule has 0 radical (unpaired) electrons. The Kier molecular flexibility index (Phi) is 3.93. The molecule has 1 aliphatic heterocycles. The summed E-state index contributed by atoms with van der Waals surface area (Å²) in [6, 6.07) is 0. The van der Waals surface area contributed by atoms with Gasteiger partial charge in [0.1, 0.15) is 0 Å². The van der Waals surface area contributed by atoms with Gasteiger partial charge >= 0.3 is 0 Å². The standard InChI is InChI=1S/C11H16N4O2S/c1-7(16)13-11-14-8-3-4-15(5-9(8)18-11)6-10(17)12-2/h3-6H2,1-2H3,(H,12,17)(H,13,14,16). The van der Waals surface area contributed by atoms with Gasteiger partial charge in [0.05, 0.1) is 12.2 Å². The number of nitrogens with zero attached hydrogens (tertiary/aromatic N) is 2. The van der Waals surface area contributed by atoms with E-state index in [1.54, 1.807) is 7.05 Å². The van der Waals surface area contributed by atoms with E-state index in [1.807, 2.05) is 0 Å². The van der Waals surface area contributed by atoms with Crippen LogP contribution in [0.15, 0.2) is 0 Å². The number of hydrogen-bond donors (Lipinski definition) is 2. The second kappa shape index (κ2) is 5.45. The molecule has 7 heteroatoms. The number of amides is 2. The number of rotatable bonds is 3. The quantitative estimate of drug-likeness (QED) is 0.821. The fourth-order valence-corrected chi connectivity index (χ4v) is 2.97. The highest BCUT2D eigenvalue weighted by atomic mass is 32.1. The summed E-state index contributed by atoms with van der Waals surface area (Å²) in [4.78, 5) is 29.9. The van der Waals surface area contributed by atoms with E-state index in [0.29, 0.717) is 11.7 Å². The van der Waals surface area contributed by atoms with Crippen LogP contribution in [0.25, 0.3) is 0 Å². The number of anilines is 1. The largest absolute Gasteiger partial charge is 0.358 e. The van der Waals surface area contributed by atoms with Crippen molar-refractivity contribution in [3.8, 4) is 0 Å². The lowest BCUT2D eigenvalue weighted by Gasteiger charge is -2.24. The summed E-state index contributed by atoms with van der Waals surface area (Å²) in [7, 11) is 1.64. The minimum absolute atomic E-state index is 0.0186. The van der Waals surface area contributed by atoms with Crippen LogP contribution < -0.4 is 10.6 Å². The van der Waals surface area contributed by atoms with Crippen molar-refractivity contribution >= 4 is 28.3 Å². The van der Waals surface area contributed by atoms with Crippen molar-refractivity contribution in [2.75, 3.05) is 25.5 Å². The molecule has 1 aromatic heterocycles. The average molecular weight is 268 g/mol. The van der Waals surface area contributed by atoms with E-state index in [1.165, 1.54) is 18.3 Å². The molecule has 2 rings (SSSR count). The summed E-state index contributed by atoms with van der Waals surface area (Å²) >= 11 is 1.49. The van der Waals surface area contributed by atoms with Gasteiger partial charge in [-0.05, 0) is 0 Å². The van der Waals surface area contributed by atoms with Crippen LogP contribution in [0.5, 0.6) is 0 Å². The Balaban J connectivity index is 2.02. The van der Waals surface area contributed by atoms with Gasteiger partial charge in [0.25, 0.3) is 0 Å². The van der Waals surface area contributed by atoms with Crippen LogP contribution in [0.4, 0.5) is 5.13 Å². The molecule has 0 aliphatic carbocycles. The second-order valence-corrected chi connectivity index (χ2v) is 5.29. The molecule has 0 aromatic carbocycles. The lowest BCUT2D eigenvalue weighted by Crippen LogP contribution is -2.38. The van der Waals surface area contributed by atoms with E-state index < -0.39 is 0 Å². The van der Waals surface area contributed by atoms with Crippen LogP contribution in [0.3, 0.4) is 0 Å². The normalized spacial score (nSPS) is 15.0. The van der Waals surface area contributed by atoms with E-state index in [0.717, 1.165) is 30.1 Å². The van der Waals surface area contributed by atoms with Gasteiger partial charge in [-0.15, -0.1) is 11.3 Å². The smallest absolute Gasteiger partial charge is 0.233 e. The highest BCUT2D eigenvalue weighted by molar-refractivity contribution is 7.15. The third-order valence-electron chi connectivity index (χ3n) is 2.74. The number of aromatic nitrogens is 1. The maximum absolute atomic E-state index is 11.3. The summed E-state index contributed by atoms with van der Waals surface area (Å²) in [5.74, 6) is -0.0895. The first kappa shape index (κ1) is 13.0. The summed E-state index contributed by atoms with van der Waals surface area (Å²) < 4.78 is 0. The van der Waals surface area contributed by atoms with Gasteiger partial charge in [-0.3, -0.25) is 14.5 Å². The molecule has 98 valence electrons. The summed E-state index contributed by atoms with van der Waals surface area (Å²) in [5, 5.41) is 5.96. The molecule has 2 amide bonds. The lowest BCUT2D eigenvalue weighted by molar-refractivity contribution is -0.122. The first-order valence-electron chi connectivity index (χ1n) is 5.77. The molecular formula is C11H16N4O2S. The van der Waals surface area contributed by atoms with E-state index in [9.17, 15) is 9.59 Å². The fraction of sp³-hybridized carbons (Fsp3) is 0.545. The Morgan fingerprint density at radius 3 is 2.94 bits per heavy atom. The number of hydrogen-bond acceptors (Lipinski definition) is 5. The van der Waals surface area contributed by atoms with Crippen LogP contribution in [-0.4, -0.2) is 41.8 Å². The number of carbonyl (C=O) groups is 2. The summed E-state index contributed by atoms with van der Waals surface area (Å²) in [6.07, 6.45) is 0.822. The molecule has 0 bridgehead atoms. The van der Waals surface area contributed by atoms with Gasteiger partial charge < -0.3 is 10.6 Å². The Labute approximate surface area is 109 Å². The van der Waals surface area contributed by atoms with E-state index in [-0.39, 0.29) is 11.8 Å². The predicted octanol–water partition coefficient (Wildman–Crippen LogP) is 0.206. The molecule has 0 atom stereocenters. The van der Waals surface area contributed by atoms with Gasteiger partial charge in [0.15, 0.2) is 5.13 Å². The number of thiazole rings is 1. The highest BCUT2D eigenvalue weighted by Crippen LogP contribution is 2.28. The van der Waals surface area contributed by atoms with Crippen molar-refractivity contribution in [2.24, 2.45) is 0 Å². The van der Waals surface area contributed by atoms with Crippen LogP contribution in [0, 0.1) is 0 Å². The zero-order valence-corrected chi connectivity index (χ0v) is 11.3. The third-order valence-corrected chi connectivity index (χ3v) is 3.74. The van der Waals surface area contributed by atoms with Crippen molar-refractivity contribution in [3.05, 3.63) is 10.6 Å². The lowest BCUT2D eigenvalue weighted by atomic mass is 10.2. The molecule has 6 nitrogen and oxygen atoms in total. The van der Waals surface area contributed by atoms with Crippen LogP contribution in [0.1, 0.15) is 17.5 Å². The highest BCUT2D eigenvalue weighted by Gasteiger charge is 2.22. The van der Waals surface area contributed by atoms with E-state index in [2.05, 4.69) is 20.5 Å². The zero-order valence-electron chi connectivity index (χ0n) is 10.4. The summed E-state index contributed by atoms with van der Waals surface area (Å²) in [6.45, 7) is 3.42. The third kappa shape index (κ3) is 3.05. The molecule has 0 saturated heterocycles. The van der Waals surface area contributed by atoms with Crippen molar-refractivity contribution < 1.29 is 9.59 Å². The molecule has 0 saturated carbocycles. The molecule has 18 heavy (non-hydrogen) atoms. The van der Waals surface area contributed by atoms with Crippen molar-refractivity contribution in [1.82, 2.24) is 15.2 Å². The molecule has 2 N–H and O–H groups in total. The first-order valence-corrected chi connectivity index (χ1v) is 6.59. The average Bonchev–Trinajstić information content (AvgIpc) is 2.69. The number of likely N-dealkylation sites (N-methyl/N-ethyl adjacent to an activating group) is 1. The van der Waals surface area contributed by atoms with Crippen LogP contribution in [-0.2, 0) is 22.6 Å². The maximum Gasteiger partial charge on any atom is 0.233 e. The van der Waals surface area contributed by atoms with Crippen molar-refractivity contribution in [1.29, 1.82) is 0 Å². The van der Waals surface area contributed by atoms with Gasteiger partial charge in [-0.1, -0.05) is 0 Å². The maximum atomic E-state index is 11.3. The van der Waals surface area contributed by atoms with Crippen LogP contribution in [0.2, 0.25) is 0 Å². The number of fused-ring (bicyclic) bond motifs is 1. The predicted molar refractivity (Wildman–Crippen MR) is 69.5 cm³/mol. The number of carbonyl (C=O) groups excluding carboxylic acids is 2. The molecule has 1 aliphatic rings. The topological polar surface area (TPSA) is 74.3 Å². The Hall–Kier alpha value is -1.47. The molecule has 0 fully saturated rings. The van der Waals surface area contributed by atoms with Gasteiger partial charge in [-0.25, -0.2) is 4.98 Å². The molecule has 1 aromatic rings.